The second kappa shape index (κ2) is 6.41. The molecule has 1 aromatic carbocycles. The van der Waals surface area contributed by atoms with E-state index in [0.717, 1.165) is 21.8 Å². The number of ketones is 1. The number of benzene rings is 1. The van der Waals surface area contributed by atoms with Crippen molar-refractivity contribution in [2.24, 2.45) is 0 Å². The van der Waals surface area contributed by atoms with Crippen molar-refractivity contribution in [3.8, 4) is 11.3 Å². The van der Waals surface area contributed by atoms with Gasteiger partial charge in [-0.3, -0.25) is 4.79 Å². The van der Waals surface area contributed by atoms with E-state index in [2.05, 4.69) is 18.7 Å². The van der Waals surface area contributed by atoms with Crippen LogP contribution in [0, 0.1) is 0 Å². The van der Waals surface area contributed by atoms with Crippen LogP contribution in [0.5, 0.6) is 0 Å². The van der Waals surface area contributed by atoms with Crippen molar-refractivity contribution in [2.45, 2.75) is 0 Å². The summed E-state index contributed by atoms with van der Waals surface area (Å²) in [5.41, 5.74) is 3.10. The molecule has 0 unspecified atom stereocenters. The van der Waals surface area contributed by atoms with Crippen molar-refractivity contribution in [3.05, 3.63) is 83.2 Å². The van der Waals surface area contributed by atoms with Crippen LogP contribution in [-0.4, -0.2) is 10.4 Å². The lowest BCUT2D eigenvalue weighted by Gasteiger charge is -2.06. The monoisotopic (exact) mass is 305 g/mol. The minimum Gasteiger partial charge on any atom is -0.317 e. The third kappa shape index (κ3) is 2.85. The van der Waals surface area contributed by atoms with Crippen molar-refractivity contribution >= 4 is 29.4 Å². The van der Waals surface area contributed by atoms with Crippen LogP contribution in [0.15, 0.2) is 72.6 Å². The molecule has 2 nitrogen and oxygen atoms in total. The second-order valence-electron chi connectivity index (χ2n) is 4.74. The van der Waals surface area contributed by atoms with Gasteiger partial charge in [-0.15, -0.1) is 11.3 Å². The fraction of sp³-hybridized carbons (Fsp3) is 0. The minimum absolute atomic E-state index is 0.0214. The summed E-state index contributed by atoms with van der Waals surface area (Å²) in [6.07, 6.45) is 5.20. The van der Waals surface area contributed by atoms with Gasteiger partial charge in [0.1, 0.15) is 0 Å². The minimum atomic E-state index is 0.0214. The predicted octanol–water partition coefficient (Wildman–Crippen LogP) is 5.21. The molecule has 3 rings (SSSR count). The van der Waals surface area contributed by atoms with E-state index in [4.69, 9.17) is 0 Å². The molecule has 0 fully saturated rings. The Kier molecular flexibility index (Phi) is 4.17. The van der Waals surface area contributed by atoms with Crippen molar-refractivity contribution in [1.82, 2.24) is 4.57 Å². The van der Waals surface area contributed by atoms with Gasteiger partial charge in [0.15, 0.2) is 5.78 Å². The van der Waals surface area contributed by atoms with E-state index in [9.17, 15) is 4.79 Å². The topological polar surface area (TPSA) is 22.0 Å². The summed E-state index contributed by atoms with van der Waals surface area (Å²) in [6.45, 7) is 3.87. The van der Waals surface area contributed by atoms with Crippen LogP contribution in [0.1, 0.15) is 15.4 Å². The first-order chi connectivity index (χ1) is 10.8. The van der Waals surface area contributed by atoms with E-state index in [0.29, 0.717) is 0 Å². The highest BCUT2D eigenvalue weighted by molar-refractivity contribution is 7.12. The number of hydrogen-bond donors (Lipinski definition) is 0. The van der Waals surface area contributed by atoms with E-state index in [1.54, 1.807) is 12.3 Å². The maximum atomic E-state index is 12.0. The Morgan fingerprint density at radius 1 is 1.05 bits per heavy atom. The van der Waals surface area contributed by atoms with E-state index < -0.39 is 0 Å². The molecule has 2 heterocycles. The summed E-state index contributed by atoms with van der Waals surface area (Å²) in [5, 5.41) is 1.90. The molecule has 3 aromatic rings. The van der Waals surface area contributed by atoms with Crippen LogP contribution in [0.3, 0.4) is 0 Å². The highest BCUT2D eigenvalue weighted by atomic mass is 32.1. The maximum Gasteiger partial charge on any atom is 0.195 e. The Hall–Kier alpha value is -2.65. The van der Waals surface area contributed by atoms with Gasteiger partial charge in [0.2, 0.25) is 0 Å². The molecule has 108 valence electrons. The molecule has 0 aliphatic rings. The zero-order valence-corrected chi connectivity index (χ0v) is 12.8. The molecule has 0 saturated heterocycles. The first kappa shape index (κ1) is 14.3. The van der Waals surface area contributed by atoms with Gasteiger partial charge in [-0.2, -0.15) is 0 Å². The molecule has 0 aliphatic carbocycles. The lowest BCUT2D eigenvalue weighted by Crippen LogP contribution is -1.93. The molecule has 0 N–H and O–H groups in total. The van der Waals surface area contributed by atoms with Crippen LogP contribution in [-0.2, 0) is 0 Å². The zero-order chi connectivity index (χ0) is 15.4. The molecule has 0 spiro atoms. The van der Waals surface area contributed by atoms with E-state index in [1.165, 1.54) is 11.3 Å². The molecule has 2 aromatic heterocycles. The molecule has 0 aliphatic heterocycles. The lowest BCUT2D eigenvalue weighted by molar-refractivity contribution is 0.105. The fourth-order valence-corrected chi connectivity index (χ4v) is 2.95. The van der Waals surface area contributed by atoms with Gasteiger partial charge in [-0.05, 0) is 41.3 Å². The second-order valence-corrected chi connectivity index (χ2v) is 5.68. The van der Waals surface area contributed by atoms with Crippen LogP contribution in [0.25, 0.3) is 23.5 Å². The van der Waals surface area contributed by atoms with Crippen LogP contribution in [0.2, 0.25) is 0 Å². The van der Waals surface area contributed by atoms with Crippen molar-refractivity contribution < 1.29 is 4.79 Å². The first-order valence-electron chi connectivity index (χ1n) is 6.95. The Labute approximate surface area is 133 Å². The van der Waals surface area contributed by atoms with Gasteiger partial charge >= 0.3 is 0 Å². The predicted molar refractivity (Wildman–Crippen MR) is 93.9 cm³/mol. The molecule has 0 saturated carbocycles. The Balaban J connectivity index is 1.91. The fourth-order valence-electron chi connectivity index (χ4n) is 2.31. The number of aromatic nitrogens is 1. The first-order valence-corrected chi connectivity index (χ1v) is 7.82. The SMILES string of the molecule is C=Cn1c(/C=C/C(=O)c2cccs2)ccc1-c1ccccc1. The third-order valence-electron chi connectivity index (χ3n) is 3.37. The van der Waals surface area contributed by atoms with Crippen molar-refractivity contribution in [3.63, 3.8) is 0 Å². The number of carbonyl (C=O) groups excluding carboxylic acids is 1. The van der Waals surface area contributed by atoms with E-state index >= 15 is 0 Å². The normalized spacial score (nSPS) is 10.9. The zero-order valence-electron chi connectivity index (χ0n) is 12.0. The van der Waals surface area contributed by atoms with E-state index in [1.807, 2.05) is 58.5 Å². The molecular formula is C19H15NOS. The summed E-state index contributed by atoms with van der Waals surface area (Å²) >= 11 is 1.45. The van der Waals surface area contributed by atoms with Crippen LogP contribution < -0.4 is 0 Å². The largest absolute Gasteiger partial charge is 0.317 e. The number of carbonyl (C=O) groups is 1. The van der Waals surface area contributed by atoms with Crippen molar-refractivity contribution in [1.29, 1.82) is 0 Å². The average Bonchev–Trinajstić information content (AvgIpc) is 3.22. The van der Waals surface area contributed by atoms with Crippen LogP contribution in [0.4, 0.5) is 0 Å². The number of allylic oxidation sites excluding steroid dienone is 1. The van der Waals surface area contributed by atoms with Gasteiger partial charge in [-0.1, -0.05) is 43.0 Å². The molecule has 0 bridgehead atoms. The summed E-state index contributed by atoms with van der Waals surface area (Å²) in [5.74, 6) is 0.0214. The Morgan fingerprint density at radius 2 is 1.86 bits per heavy atom. The number of nitrogens with zero attached hydrogens (tertiary/aromatic N) is 1. The number of rotatable bonds is 5. The van der Waals surface area contributed by atoms with Crippen LogP contribution >= 0.6 is 11.3 Å². The summed E-state index contributed by atoms with van der Waals surface area (Å²) in [7, 11) is 0. The Morgan fingerprint density at radius 3 is 2.55 bits per heavy atom. The molecule has 22 heavy (non-hydrogen) atoms. The molecule has 0 atom stereocenters. The standard InChI is InChI=1S/C19H15NOS/c1-2-20-16(11-13-18(21)19-9-6-14-22-19)10-12-17(20)15-7-4-3-5-8-15/h2-14H,1H2/b13-11+. The van der Waals surface area contributed by atoms with Gasteiger partial charge < -0.3 is 4.57 Å². The molecule has 0 radical (unpaired) electrons. The number of hydrogen-bond acceptors (Lipinski definition) is 2. The quantitative estimate of drug-likeness (QED) is 0.468. The third-order valence-corrected chi connectivity index (χ3v) is 4.26. The maximum absolute atomic E-state index is 12.0. The molecular weight excluding hydrogens is 290 g/mol. The smallest absolute Gasteiger partial charge is 0.195 e. The highest BCUT2D eigenvalue weighted by Crippen LogP contribution is 2.23. The van der Waals surface area contributed by atoms with Crippen molar-refractivity contribution in [2.75, 3.05) is 0 Å². The van der Waals surface area contributed by atoms with E-state index in [-0.39, 0.29) is 5.78 Å². The summed E-state index contributed by atoms with van der Waals surface area (Å²) < 4.78 is 1.98. The number of thiophene rings is 1. The van der Waals surface area contributed by atoms with Gasteiger partial charge in [0.25, 0.3) is 0 Å². The van der Waals surface area contributed by atoms with Gasteiger partial charge in [0.05, 0.1) is 10.6 Å². The van der Waals surface area contributed by atoms with Gasteiger partial charge in [0, 0.05) is 11.9 Å². The lowest BCUT2D eigenvalue weighted by atomic mass is 10.1. The molecule has 0 amide bonds. The summed E-state index contributed by atoms with van der Waals surface area (Å²) in [6, 6.07) is 17.8. The summed E-state index contributed by atoms with van der Waals surface area (Å²) in [4.78, 5) is 12.8. The molecule has 3 heteroatoms. The van der Waals surface area contributed by atoms with Gasteiger partial charge in [-0.25, -0.2) is 0 Å². The average molecular weight is 305 g/mol. The Bertz CT molecular complexity index is 811. The highest BCUT2D eigenvalue weighted by Gasteiger charge is 2.07.